The number of hydrogen-bond acceptors (Lipinski definition) is 1. The lowest BCUT2D eigenvalue weighted by Gasteiger charge is -2.24. The number of thioether (sulfide) groups is 1. The summed E-state index contributed by atoms with van der Waals surface area (Å²) in [6.07, 6.45) is 0. The summed E-state index contributed by atoms with van der Waals surface area (Å²) in [5, 5.41) is 0.880. The van der Waals surface area contributed by atoms with Crippen molar-refractivity contribution < 1.29 is 0 Å². The standard InChI is InChI=1S/C17H16BrClS/c1-10(2)16-13-7-6-12(18)8-11(13)9-20-17-14(16)4-3-5-15(17)19/h3-8,10,16H,9H2,1-2H3. The predicted octanol–water partition coefficient (Wildman–Crippen LogP) is 6.50. The van der Waals surface area contributed by atoms with E-state index in [-0.39, 0.29) is 0 Å². The average molecular weight is 368 g/mol. The van der Waals surface area contributed by atoms with Gasteiger partial charge in [-0.3, -0.25) is 0 Å². The zero-order valence-corrected chi connectivity index (χ0v) is 14.6. The van der Waals surface area contributed by atoms with Gasteiger partial charge in [0.25, 0.3) is 0 Å². The number of halogens is 2. The summed E-state index contributed by atoms with van der Waals surface area (Å²) in [5.41, 5.74) is 4.23. The molecule has 0 spiro atoms. The Bertz CT molecular complexity index is 651. The second-order valence-corrected chi connectivity index (χ2v) is 7.82. The quantitative estimate of drug-likeness (QED) is 0.554. The molecule has 1 heterocycles. The van der Waals surface area contributed by atoms with E-state index in [1.807, 2.05) is 17.8 Å². The van der Waals surface area contributed by atoms with Crippen molar-refractivity contribution in [2.24, 2.45) is 5.92 Å². The second kappa shape index (κ2) is 5.75. The summed E-state index contributed by atoms with van der Waals surface area (Å²) in [5.74, 6) is 1.95. The topological polar surface area (TPSA) is 0 Å². The Balaban J connectivity index is 2.24. The lowest BCUT2D eigenvalue weighted by atomic mass is 9.81. The molecule has 3 heteroatoms. The van der Waals surface area contributed by atoms with E-state index in [9.17, 15) is 0 Å². The normalized spacial score (nSPS) is 17.6. The molecule has 0 saturated carbocycles. The lowest BCUT2D eigenvalue weighted by Crippen LogP contribution is -2.10. The zero-order chi connectivity index (χ0) is 14.3. The van der Waals surface area contributed by atoms with Gasteiger partial charge in [0.05, 0.1) is 5.02 Å². The van der Waals surface area contributed by atoms with Crippen LogP contribution in [-0.2, 0) is 5.75 Å². The fourth-order valence-electron chi connectivity index (χ4n) is 2.96. The highest BCUT2D eigenvalue weighted by atomic mass is 79.9. The van der Waals surface area contributed by atoms with Gasteiger partial charge in [0, 0.05) is 21.0 Å². The van der Waals surface area contributed by atoms with Crippen LogP contribution in [0.5, 0.6) is 0 Å². The third-order valence-electron chi connectivity index (χ3n) is 3.81. The highest BCUT2D eigenvalue weighted by Crippen LogP contribution is 2.46. The summed E-state index contributed by atoms with van der Waals surface area (Å²) in [6.45, 7) is 4.58. The fourth-order valence-corrected chi connectivity index (χ4v) is 4.83. The van der Waals surface area contributed by atoms with Crippen molar-refractivity contribution in [2.75, 3.05) is 0 Å². The molecule has 1 aliphatic rings. The molecular formula is C17H16BrClS. The largest absolute Gasteiger partial charge is 0.119 e. The smallest absolute Gasteiger partial charge is 0.0544 e. The molecule has 0 fully saturated rings. The van der Waals surface area contributed by atoms with Gasteiger partial charge in [-0.05, 0) is 40.8 Å². The molecule has 0 aliphatic carbocycles. The Labute approximate surface area is 138 Å². The van der Waals surface area contributed by atoms with Crippen molar-refractivity contribution in [1.29, 1.82) is 0 Å². The fraction of sp³-hybridized carbons (Fsp3) is 0.294. The third-order valence-corrected chi connectivity index (χ3v) is 5.93. The first-order valence-electron chi connectivity index (χ1n) is 6.77. The maximum Gasteiger partial charge on any atom is 0.0544 e. The molecule has 1 aliphatic heterocycles. The predicted molar refractivity (Wildman–Crippen MR) is 91.8 cm³/mol. The van der Waals surface area contributed by atoms with Crippen LogP contribution in [0.1, 0.15) is 36.5 Å². The Morgan fingerprint density at radius 3 is 2.75 bits per heavy atom. The van der Waals surface area contributed by atoms with Crippen LogP contribution in [0.3, 0.4) is 0 Å². The van der Waals surface area contributed by atoms with Crippen LogP contribution < -0.4 is 0 Å². The third kappa shape index (κ3) is 2.54. The highest BCUT2D eigenvalue weighted by Gasteiger charge is 2.27. The van der Waals surface area contributed by atoms with E-state index < -0.39 is 0 Å². The van der Waals surface area contributed by atoms with E-state index in [0.717, 1.165) is 15.2 Å². The minimum Gasteiger partial charge on any atom is -0.119 e. The Kier molecular flexibility index (Phi) is 4.16. The molecule has 2 aromatic carbocycles. The van der Waals surface area contributed by atoms with E-state index >= 15 is 0 Å². The molecule has 1 unspecified atom stereocenters. The van der Waals surface area contributed by atoms with Crippen molar-refractivity contribution in [3.63, 3.8) is 0 Å². The van der Waals surface area contributed by atoms with Crippen LogP contribution >= 0.6 is 39.3 Å². The second-order valence-electron chi connectivity index (χ2n) is 5.51. The average Bonchev–Trinajstić information content (AvgIpc) is 2.56. The van der Waals surface area contributed by atoms with Crippen LogP contribution in [0, 0.1) is 5.92 Å². The first-order chi connectivity index (χ1) is 9.58. The Morgan fingerprint density at radius 2 is 2.00 bits per heavy atom. The van der Waals surface area contributed by atoms with E-state index in [4.69, 9.17) is 11.6 Å². The summed E-state index contributed by atoms with van der Waals surface area (Å²) in [4.78, 5) is 1.25. The molecular weight excluding hydrogens is 352 g/mol. The van der Waals surface area contributed by atoms with Crippen LogP contribution in [0.25, 0.3) is 0 Å². The van der Waals surface area contributed by atoms with Crippen molar-refractivity contribution in [3.05, 3.63) is 62.6 Å². The Hall–Kier alpha value is -0.440. The molecule has 0 aromatic heterocycles. The lowest BCUT2D eigenvalue weighted by molar-refractivity contribution is 0.556. The maximum absolute atomic E-state index is 6.43. The first kappa shape index (κ1) is 14.5. The van der Waals surface area contributed by atoms with Gasteiger partial charge in [-0.1, -0.05) is 59.6 Å². The summed E-state index contributed by atoms with van der Waals surface area (Å²) < 4.78 is 1.15. The molecule has 0 N–H and O–H groups in total. The van der Waals surface area contributed by atoms with E-state index in [2.05, 4.69) is 60.1 Å². The number of rotatable bonds is 1. The molecule has 3 rings (SSSR count). The van der Waals surface area contributed by atoms with Crippen LogP contribution in [0.2, 0.25) is 5.02 Å². The van der Waals surface area contributed by atoms with Gasteiger partial charge in [-0.25, -0.2) is 0 Å². The summed E-state index contributed by atoms with van der Waals surface area (Å²) in [6, 6.07) is 13.0. The highest BCUT2D eigenvalue weighted by molar-refractivity contribution is 9.10. The van der Waals surface area contributed by atoms with E-state index in [1.54, 1.807) is 0 Å². The molecule has 0 radical (unpaired) electrons. The first-order valence-corrected chi connectivity index (χ1v) is 8.93. The molecule has 20 heavy (non-hydrogen) atoms. The van der Waals surface area contributed by atoms with Gasteiger partial charge in [0.1, 0.15) is 0 Å². The zero-order valence-electron chi connectivity index (χ0n) is 11.5. The Morgan fingerprint density at radius 1 is 1.20 bits per heavy atom. The molecule has 0 bridgehead atoms. The van der Waals surface area contributed by atoms with Crippen LogP contribution in [-0.4, -0.2) is 0 Å². The van der Waals surface area contributed by atoms with Crippen molar-refractivity contribution in [3.8, 4) is 0 Å². The number of benzene rings is 2. The SMILES string of the molecule is CC(C)C1c2ccc(Br)cc2CSc2c(Cl)cccc21. The number of hydrogen-bond donors (Lipinski definition) is 0. The van der Waals surface area contributed by atoms with E-state index in [1.165, 1.54) is 21.6 Å². The summed E-state index contributed by atoms with van der Waals surface area (Å²) >= 11 is 11.9. The van der Waals surface area contributed by atoms with Gasteiger partial charge in [-0.2, -0.15) is 0 Å². The van der Waals surface area contributed by atoms with E-state index in [0.29, 0.717) is 11.8 Å². The summed E-state index contributed by atoms with van der Waals surface area (Å²) in [7, 11) is 0. The van der Waals surface area contributed by atoms with Gasteiger partial charge in [0.15, 0.2) is 0 Å². The molecule has 1 atom stereocenters. The van der Waals surface area contributed by atoms with Crippen LogP contribution in [0.4, 0.5) is 0 Å². The maximum atomic E-state index is 6.43. The van der Waals surface area contributed by atoms with Gasteiger partial charge >= 0.3 is 0 Å². The molecule has 2 aromatic rings. The van der Waals surface area contributed by atoms with Crippen molar-refractivity contribution in [1.82, 2.24) is 0 Å². The number of fused-ring (bicyclic) bond motifs is 2. The molecule has 104 valence electrons. The van der Waals surface area contributed by atoms with Gasteiger partial charge in [-0.15, -0.1) is 11.8 Å². The van der Waals surface area contributed by atoms with Crippen molar-refractivity contribution >= 4 is 39.3 Å². The van der Waals surface area contributed by atoms with Crippen molar-refractivity contribution in [2.45, 2.75) is 30.4 Å². The molecule has 0 nitrogen and oxygen atoms in total. The van der Waals surface area contributed by atoms with Gasteiger partial charge < -0.3 is 0 Å². The molecule has 0 amide bonds. The van der Waals surface area contributed by atoms with Gasteiger partial charge in [0.2, 0.25) is 0 Å². The monoisotopic (exact) mass is 366 g/mol. The minimum atomic E-state index is 0.418. The van der Waals surface area contributed by atoms with Crippen LogP contribution in [0.15, 0.2) is 45.8 Å². The molecule has 0 saturated heterocycles. The minimum absolute atomic E-state index is 0.418.